The van der Waals surface area contributed by atoms with Crippen LogP contribution in [0.2, 0.25) is 0 Å². The molecule has 92 valence electrons. The number of aryl methyl sites for hydroxylation is 1. The summed E-state index contributed by atoms with van der Waals surface area (Å²) in [6.45, 7) is -0.358. The Labute approximate surface area is 101 Å². The number of fused-ring (bicyclic) bond motifs is 1. The van der Waals surface area contributed by atoms with Gasteiger partial charge in [0.05, 0.1) is 6.54 Å². The molecule has 1 aliphatic rings. The van der Waals surface area contributed by atoms with Gasteiger partial charge in [-0.15, -0.1) is 0 Å². The minimum Gasteiger partial charge on any atom is -0.370 e. The standard InChI is InChI=1S/C13H18FN3/c14-8-9-16-13(15)17-12-7-3-5-10-4-1-2-6-11(10)12/h3,5,7H,1-2,4,6,8-9H2,(H3,15,16,17). The highest BCUT2D eigenvalue weighted by atomic mass is 19.1. The van der Waals surface area contributed by atoms with Crippen LogP contribution in [-0.4, -0.2) is 19.2 Å². The van der Waals surface area contributed by atoms with Crippen molar-refractivity contribution in [1.29, 1.82) is 0 Å². The maximum Gasteiger partial charge on any atom is 0.193 e. The summed E-state index contributed by atoms with van der Waals surface area (Å²) in [5.41, 5.74) is 9.43. The number of guanidine groups is 1. The van der Waals surface area contributed by atoms with Gasteiger partial charge in [-0.2, -0.15) is 0 Å². The molecule has 1 aromatic carbocycles. The molecular formula is C13H18FN3. The molecule has 0 aromatic heterocycles. The second-order valence-electron chi connectivity index (χ2n) is 4.23. The third-order valence-corrected chi connectivity index (χ3v) is 3.03. The van der Waals surface area contributed by atoms with E-state index in [1.165, 1.54) is 24.0 Å². The van der Waals surface area contributed by atoms with Gasteiger partial charge in [-0.3, -0.25) is 4.99 Å². The maximum atomic E-state index is 12.0. The van der Waals surface area contributed by atoms with E-state index in [2.05, 4.69) is 16.4 Å². The Morgan fingerprint density at radius 1 is 1.35 bits per heavy atom. The first-order chi connectivity index (χ1) is 8.31. The molecule has 0 radical (unpaired) electrons. The van der Waals surface area contributed by atoms with Crippen molar-refractivity contribution < 1.29 is 4.39 Å². The van der Waals surface area contributed by atoms with Gasteiger partial charge in [-0.25, -0.2) is 4.39 Å². The number of hydrogen-bond acceptors (Lipinski definition) is 1. The van der Waals surface area contributed by atoms with E-state index in [9.17, 15) is 4.39 Å². The summed E-state index contributed by atoms with van der Waals surface area (Å²) in [7, 11) is 0. The quantitative estimate of drug-likeness (QED) is 0.623. The second-order valence-corrected chi connectivity index (χ2v) is 4.23. The molecular weight excluding hydrogens is 217 g/mol. The minimum atomic E-state index is -0.477. The van der Waals surface area contributed by atoms with Crippen LogP contribution in [0.1, 0.15) is 24.0 Å². The largest absolute Gasteiger partial charge is 0.370 e. The summed E-state index contributed by atoms with van der Waals surface area (Å²) < 4.78 is 12.0. The Balaban J connectivity index is 2.15. The fraction of sp³-hybridized carbons (Fsp3) is 0.462. The zero-order valence-corrected chi connectivity index (χ0v) is 9.88. The molecule has 0 saturated heterocycles. The lowest BCUT2D eigenvalue weighted by molar-refractivity contribution is 0.505. The van der Waals surface area contributed by atoms with Crippen molar-refractivity contribution in [3.63, 3.8) is 0 Å². The maximum absolute atomic E-state index is 12.0. The third-order valence-electron chi connectivity index (χ3n) is 3.03. The molecule has 0 saturated carbocycles. The highest BCUT2D eigenvalue weighted by Gasteiger charge is 2.12. The number of hydrogen-bond donors (Lipinski definition) is 2. The number of alkyl halides is 1. The van der Waals surface area contributed by atoms with Crippen molar-refractivity contribution in [3.8, 4) is 0 Å². The zero-order valence-electron chi connectivity index (χ0n) is 9.88. The normalized spacial score (nSPS) is 15.5. The molecule has 0 bridgehead atoms. The zero-order chi connectivity index (χ0) is 12.1. The molecule has 4 heteroatoms. The molecule has 3 N–H and O–H groups in total. The molecule has 0 spiro atoms. The van der Waals surface area contributed by atoms with Crippen molar-refractivity contribution in [2.24, 2.45) is 10.7 Å². The van der Waals surface area contributed by atoms with E-state index in [1.807, 2.05) is 12.1 Å². The van der Waals surface area contributed by atoms with Crippen LogP contribution < -0.4 is 11.1 Å². The first kappa shape index (κ1) is 11.9. The summed E-state index contributed by atoms with van der Waals surface area (Å²) >= 11 is 0. The van der Waals surface area contributed by atoms with E-state index < -0.39 is 6.67 Å². The van der Waals surface area contributed by atoms with Crippen molar-refractivity contribution in [2.45, 2.75) is 25.7 Å². The molecule has 2 rings (SSSR count). The monoisotopic (exact) mass is 235 g/mol. The van der Waals surface area contributed by atoms with E-state index in [1.54, 1.807) is 0 Å². The first-order valence-electron chi connectivity index (χ1n) is 6.05. The molecule has 0 atom stereocenters. The smallest absolute Gasteiger partial charge is 0.193 e. The Kier molecular flexibility index (Phi) is 3.96. The summed E-state index contributed by atoms with van der Waals surface area (Å²) in [5.74, 6) is 0.293. The Hall–Kier alpha value is -1.58. The fourth-order valence-electron chi connectivity index (χ4n) is 2.24. The van der Waals surface area contributed by atoms with Gasteiger partial charge in [-0.1, -0.05) is 12.1 Å². The van der Waals surface area contributed by atoms with Gasteiger partial charge in [0, 0.05) is 5.69 Å². The van der Waals surface area contributed by atoms with E-state index in [4.69, 9.17) is 5.73 Å². The number of rotatable bonds is 3. The predicted molar refractivity (Wildman–Crippen MR) is 69.2 cm³/mol. The number of nitrogens with two attached hydrogens (primary N) is 1. The van der Waals surface area contributed by atoms with Crippen LogP contribution in [0.4, 0.5) is 10.1 Å². The number of nitrogens with one attached hydrogen (secondary N) is 1. The van der Waals surface area contributed by atoms with Crippen molar-refractivity contribution in [3.05, 3.63) is 29.3 Å². The molecule has 0 unspecified atom stereocenters. The summed E-state index contributed by atoms with van der Waals surface area (Å²) in [6, 6.07) is 6.19. The molecule has 0 aliphatic heterocycles. The lowest BCUT2D eigenvalue weighted by Crippen LogP contribution is -2.24. The van der Waals surface area contributed by atoms with Gasteiger partial charge in [0.1, 0.15) is 6.67 Å². The minimum absolute atomic E-state index is 0.119. The van der Waals surface area contributed by atoms with Crippen LogP contribution in [-0.2, 0) is 12.8 Å². The number of halogens is 1. The fourth-order valence-corrected chi connectivity index (χ4v) is 2.24. The summed E-state index contributed by atoms with van der Waals surface area (Å²) in [6.07, 6.45) is 4.68. The predicted octanol–water partition coefficient (Wildman–Crippen LogP) is 2.26. The third kappa shape index (κ3) is 2.96. The number of nitrogens with zero attached hydrogens (tertiary/aromatic N) is 1. The van der Waals surface area contributed by atoms with Crippen LogP contribution in [0.25, 0.3) is 0 Å². The number of anilines is 1. The molecule has 3 nitrogen and oxygen atoms in total. The van der Waals surface area contributed by atoms with Crippen molar-refractivity contribution in [2.75, 3.05) is 18.5 Å². The molecule has 0 amide bonds. The molecule has 1 aromatic rings. The van der Waals surface area contributed by atoms with Crippen LogP contribution in [0, 0.1) is 0 Å². The molecule has 1 aliphatic carbocycles. The summed E-state index contributed by atoms with van der Waals surface area (Å²) in [4.78, 5) is 3.90. The average molecular weight is 235 g/mol. The van der Waals surface area contributed by atoms with Gasteiger partial charge in [0.25, 0.3) is 0 Å². The highest BCUT2D eigenvalue weighted by Crippen LogP contribution is 2.27. The van der Waals surface area contributed by atoms with Crippen LogP contribution >= 0.6 is 0 Å². The van der Waals surface area contributed by atoms with E-state index in [0.29, 0.717) is 5.96 Å². The second kappa shape index (κ2) is 5.66. The van der Waals surface area contributed by atoms with E-state index in [-0.39, 0.29) is 6.54 Å². The summed E-state index contributed by atoms with van der Waals surface area (Å²) in [5, 5.41) is 3.07. The highest BCUT2D eigenvalue weighted by molar-refractivity contribution is 5.93. The lowest BCUT2D eigenvalue weighted by Gasteiger charge is -2.19. The molecule has 0 heterocycles. The first-order valence-corrected chi connectivity index (χ1v) is 6.05. The van der Waals surface area contributed by atoms with Gasteiger partial charge < -0.3 is 11.1 Å². The Bertz CT molecular complexity index is 415. The van der Waals surface area contributed by atoms with E-state index in [0.717, 1.165) is 18.5 Å². The van der Waals surface area contributed by atoms with E-state index >= 15 is 0 Å². The van der Waals surface area contributed by atoms with Crippen LogP contribution in [0.5, 0.6) is 0 Å². The van der Waals surface area contributed by atoms with Gasteiger partial charge >= 0.3 is 0 Å². The van der Waals surface area contributed by atoms with Crippen molar-refractivity contribution >= 4 is 11.6 Å². The Morgan fingerprint density at radius 3 is 3.00 bits per heavy atom. The number of benzene rings is 1. The SMILES string of the molecule is NC(=NCCF)Nc1cccc2c1CCCC2. The number of aliphatic imine (C=N–C) groups is 1. The average Bonchev–Trinajstić information content (AvgIpc) is 2.37. The van der Waals surface area contributed by atoms with Gasteiger partial charge in [-0.05, 0) is 42.9 Å². The Morgan fingerprint density at radius 2 is 2.18 bits per heavy atom. The van der Waals surface area contributed by atoms with Crippen LogP contribution in [0.3, 0.4) is 0 Å². The molecule has 0 fully saturated rings. The van der Waals surface area contributed by atoms with Gasteiger partial charge in [0.15, 0.2) is 5.96 Å². The lowest BCUT2D eigenvalue weighted by atomic mass is 9.90. The topological polar surface area (TPSA) is 50.4 Å². The van der Waals surface area contributed by atoms with Gasteiger partial charge in [0.2, 0.25) is 0 Å². The molecule has 17 heavy (non-hydrogen) atoms. The van der Waals surface area contributed by atoms with Crippen molar-refractivity contribution in [1.82, 2.24) is 0 Å². The van der Waals surface area contributed by atoms with Crippen LogP contribution in [0.15, 0.2) is 23.2 Å².